The van der Waals surface area contributed by atoms with Crippen LogP contribution in [-0.2, 0) is 6.42 Å². The molecular formula is C35H37F2N3O2. The summed E-state index contributed by atoms with van der Waals surface area (Å²) in [6.07, 6.45) is 17.1. The van der Waals surface area contributed by atoms with Crippen LogP contribution in [0.5, 0.6) is 5.75 Å². The van der Waals surface area contributed by atoms with Gasteiger partial charge in [-0.1, -0.05) is 30.7 Å². The van der Waals surface area contributed by atoms with Crippen molar-refractivity contribution in [3.63, 3.8) is 0 Å². The number of halogens is 2. The lowest BCUT2D eigenvalue weighted by Crippen LogP contribution is -2.18. The van der Waals surface area contributed by atoms with E-state index < -0.39 is 11.6 Å². The summed E-state index contributed by atoms with van der Waals surface area (Å²) in [6.45, 7) is 1.85. The molecule has 5 nitrogen and oxygen atoms in total. The number of hydrogen-bond donors (Lipinski definition) is 2. The van der Waals surface area contributed by atoms with Gasteiger partial charge in [0.15, 0.2) is 17.3 Å². The minimum absolute atomic E-state index is 0.133. The molecule has 5 rings (SSSR count). The van der Waals surface area contributed by atoms with Gasteiger partial charge in [0.25, 0.3) is 0 Å². The van der Waals surface area contributed by atoms with Crippen molar-refractivity contribution in [1.29, 1.82) is 5.41 Å². The Morgan fingerprint density at radius 3 is 2.76 bits per heavy atom. The lowest BCUT2D eigenvalue weighted by molar-refractivity contribution is 0.0961. The molecule has 2 aromatic carbocycles. The van der Waals surface area contributed by atoms with Crippen molar-refractivity contribution in [1.82, 2.24) is 0 Å². The number of aryl methyl sites for hydroxylation is 1. The summed E-state index contributed by atoms with van der Waals surface area (Å²) in [6, 6.07) is 8.91. The minimum atomic E-state index is -1.01. The highest BCUT2D eigenvalue weighted by atomic mass is 19.2. The number of carbonyl (C=O) groups excluding carboxylic acids is 1. The van der Waals surface area contributed by atoms with Crippen LogP contribution in [0.3, 0.4) is 0 Å². The number of methoxy groups -OCH3 is 1. The van der Waals surface area contributed by atoms with E-state index in [2.05, 4.69) is 17.5 Å². The fourth-order valence-corrected chi connectivity index (χ4v) is 5.91. The predicted molar refractivity (Wildman–Crippen MR) is 166 cm³/mol. The van der Waals surface area contributed by atoms with Crippen molar-refractivity contribution in [2.75, 3.05) is 12.4 Å². The smallest absolute Gasteiger partial charge is 0.201 e. The van der Waals surface area contributed by atoms with Gasteiger partial charge >= 0.3 is 0 Å². The van der Waals surface area contributed by atoms with E-state index in [0.29, 0.717) is 30.8 Å². The molecule has 1 aliphatic heterocycles. The summed E-state index contributed by atoms with van der Waals surface area (Å²) in [5.74, 6) is -1.50. The Kier molecular flexibility index (Phi) is 9.25. The number of ether oxygens (including phenoxy) is 1. The number of nitrogens with one attached hydrogen (secondary N) is 2. The van der Waals surface area contributed by atoms with Gasteiger partial charge in [-0.3, -0.25) is 9.79 Å². The van der Waals surface area contributed by atoms with E-state index in [4.69, 9.17) is 15.1 Å². The number of nitrogens with zero attached hydrogens (tertiary/aromatic N) is 1. The second-order valence-corrected chi connectivity index (χ2v) is 11.3. The molecule has 0 fully saturated rings. The van der Waals surface area contributed by atoms with Crippen molar-refractivity contribution in [3.8, 4) is 5.75 Å². The molecule has 0 aromatic heterocycles. The number of benzene rings is 2. The van der Waals surface area contributed by atoms with Crippen LogP contribution in [0, 0.1) is 23.0 Å². The number of ketones is 1. The van der Waals surface area contributed by atoms with Gasteiger partial charge < -0.3 is 15.5 Å². The number of anilines is 1. The maximum atomic E-state index is 14.9. The quantitative estimate of drug-likeness (QED) is 0.180. The molecule has 2 aliphatic carbocycles. The molecule has 3 aliphatic rings. The zero-order valence-corrected chi connectivity index (χ0v) is 24.2. The van der Waals surface area contributed by atoms with Crippen molar-refractivity contribution in [2.24, 2.45) is 10.9 Å². The highest BCUT2D eigenvalue weighted by molar-refractivity contribution is 6.16. The third kappa shape index (κ3) is 6.67. The largest absolute Gasteiger partial charge is 0.494 e. The normalized spacial score (nSPS) is 21.5. The van der Waals surface area contributed by atoms with E-state index in [1.807, 2.05) is 37.3 Å². The third-order valence-corrected chi connectivity index (χ3v) is 8.19. The zero-order chi connectivity index (χ0) is 29.6. The maximum Gasteiger partial charge on any atom is 0.201 e. The molecule has 0 saturated carbocycles. The van der Waals surface area contributed by atoms with Gasteiger partial charge in [-0.05, 0) is 98.4 Å². The fourth-order valence-electron chi connectivity index (χ4n) is 5.91. The Labute approximate surface area is 246 Å². The molecule has 2 aromatic rings. The van der Waals surface area contributed by atoms with E-state index in [0.717, 1.165) is 78.0 Å². The van der Waals surface area contributed by atoms with Crippen LogP contribution >= 0.6 is 0 Å². The molecule has 0 amide bonds. The first-order valence-electron chi connectivity index (χ1n) is 14.7. The number of unbranched alkanes of at least 4 members (excludes halogenated alkanes) is 1. The van der Waals surface area contributed by atoms with Crippen molar-refractivity contribution >= 4 is 28.5 Å². The van der Waals surface area contributed by atoms with Gasteiger partial charge in [0, 0.05) is 41.6 Å². The highest BCUT2D eigenvalue weighted by Gasteiger charge is 2.25. The average molecular weight is 570 g/mol. The molecule has 1 heterocycles. The molecule has 0 saturated heterocycles. The van der Waals surface area contributed by atoms with Crippen LogP contribution in [0.25, 0.3) is 5.57 Å². The van der Waals surface area contributed by atoms with E-state index in [1.54, 1.807) is 6.20 Å². The molecule has 0 spiro atoms. The summed E-state index contributed by atoms with van der Waals surface area (Å²) < 4.78 is 34.2. The van der Waals surface area contributed by atoms with Gasteiger partial charge in [0.2, 0.25) is 5.82 Å². The maximum absolute atomic E-state index is 14.9. The average Bonchev–Trinajstić information content (AvgIpc) is 3.12. The predicted octanol–water partition coefficient (Wildman–Crippen LogP) is 8.78. The number of aliphatic imine (C=N–C) groups is 1. The molecule has 1 atom stereocenters. The Hall–Kier alpha value is -4.13. The molecule has 42 heavy (non-hydrogen) atoms. The summed E-state index contributed by atoms with van der Waals surface area (Å²) in [5, 5.41) is 11.2. The summed E-state index contributed by atoms with van der Waals surface area (Å²) in [7, 11) is 1.31. The van der Waals surface area contributed by atoms with E-state index in [1.165, 1.54) is 19.2 Å². The highest BCUT2D eigenvalue weighted by Crippen LogP contribution is 2.35. The second kappa shape index (κ2) is 13.2. The zero-order valence-electron chi connectivity index (χ0n) is 24.2. The Morgan fingerprint density at radius 2 is 1.95 bits per heavy atom. The second-order valence-electron chi connectivity index (χ2n) is 11.3. The monoisotopic (exact) mass is 569 g/mol. The van der Waals surface area contributed by atoms with E-state index in [-0.39, 0.29) is 17.1 Å². The number of rotatable bonds is 9. The van der Waals surface area contributed by atoms with Crippen molar-refractivity contribution < 1.29 is 18.3 Å². The minimum Gasteiger partial charge on any atom is -0.494 e. The summed E-state index contributed by atoms with van der Waals surface area (Å²) in [4.78, 5) is 17.8. The molecule has 0 radical (unpaired) electrons. The molecule has 7 heteroatoms. The Morgan fingerprint density at radius 1 is 1.12 bits per heavy atom. The van der Waals surface area contributed by atoms with Crippen LogP contribution in [-0.4, -0.2) is 24.3 Å². The van der Waals surface area contributed by atoms with Crippen LogP contribution in [0.15, 0.2) is 77.1 Å². The van der Waals surface area contributed by atoms with Crippen LogP contribution in [0.4, 0.5) is 14.5 Å². The molecule has 1 unspecified atom stereocenters. The standard InChI is InChI=1S/C35H37F2N3O2/c1-22(38)8-6-7-9-23-12-13-24-20-27(14-15-28(24)31(41)18-23)40-30-11-5-3-4-10-25-19-26(21-39-35(25)30)29-16-17-32(42-2)34(37)33(29)36/h3-4,10-11,14-17,20-21,23,38,40H,5-9,12-13,18-19H2,1-2H3/b4-3-,25-10-,30-11-,38-22?. The Balaban J connectivity index is 1.34. The number of hydrogen-bond acceptors (Lipinski definition) is 5. The number of allylic oxidation sites excluding steroid dienone is 6. The SMILES string of the molecule is COc1ccc(C2=CN=C3/C(=C\C=C/C/C=C/3Nc3ccc4c(c3)CCC(CCCCC(C)=N)CC4=O)C2)c(F)c1F. The first-order chi connectivity index (χ1) is 20.3. The van der Waals surface area contributed by atoms with Gasteiger partial charge in [0.05, 0.1) is 18.5 Å². The van der Waals surface area contributed by atoms with Crippen LogP contribution in [0.2, 0.25) is 0 Å². The topological polar surface area (TPSA) is 74.5 Å². The number of carbonyl (C=O) groups is 1. The molecule has 218 valence electrons. The van der Waals surface area contributed by atoms with Gasteiger partial charge in [0.1, 0.15) is 0 Å². The third-order valence-electron chi connectivity index (χ3n) is 8.19. The lowest BCUT2D eigenvalue weighted by atomic mass is 9.91. The van der Waals surface area contributed by atoms with Crippen LogP contribution in [0.1, 0.15) is 79.8 Å². The lowest BCUT2D eigenvalue weighted by Gasteiger charge is -2.22. The summed E-state index contributed by atoms with van der Waals surface area (Å²) >= 11 is 0. The summed E-state index contributed by atoms with van der Waals surface area (Å²) in [5.41, 5.74) is 6.71. The Bertz CT molecular complexity index is 1550. The molecule has 2 N–H and O–H groups in total. The molecular weight excluding hydrogens is 532 g/mol. The van der Waals surface area contributed by atoms with E-state index >= 15 is 0 Å². The van der Waals surface area contributed by atoms with Crippen LogP contribution < -0.4 is 10.1 Å². The first-order valence-corrected chi connectivity index (χ1v) is 14.7. The van der Waals surface area contributed by atoms with Crippen molar-refractivity contribution in [2.45, 2.75) is 64.7 Å². The number of Topliss-reactive ketones (excluding diaryl/α,β-unsaturated/α-hetero) is 1. The van der Waals surface area contributed by atoms with Gasteiger partial charge in [-0.2, -0.15) is 4.39 Å². The van der Waals surface area contributed by atoms with Gasteiger partial charge in [-0.15, -0.1) is 0 Å². The van der Waals surface area contributed by atoms with Gasteiger partial charge in [-0.25, -0.2) is 4.39 Å². The fraction of sp³-hybridized carbons (Fsp3) is 0.343. The van der Waals surface area contributed by atoms with Crippen molar-refractivity contribution in [3.05, 3.63) is 100 Å². The number of fused-ring (bicyclic) bond motifs is 2. The van der Waals surface area contributed by atoms with E-state index in [9.17, 15) is 13.6 Å². The first kappa shape index (κ1) is 29.4. The molecule has 0 bridgehead atoms.